The smallest absolute Gasteiger partial charge is 0.270 e. The molecule has 0 radical (unpaired) electrons. The summed E-state index contributed by atoms with van der Waals surface area (Å²) in [7, 11) is 0. The Morgan fingerprint density at radius 3 is 2.59 bits per heavy atom. The van der Waals surface area contributed by atoms with Crippen LogP contribution in [-0.2, 0) is 5.41 Å². The van der Waals surface area contributed by atoms with Crippen LogP contribution in [0.2, 0.25) is 0 Å². The predicted octanol–water partition coefficient (Wildman–Crippen LogP) is 2.50. The highest BCUT2D eigenvalue weighted by Crippen LogP contribution is 2.23. The number of carbonyl (C=O) groups is 2. The molecule has 2 amide bonds. The Morgan fingerprint density at radius 2 is 1.85 bits per heavy atom. The first-order valence-electron chi connectivity index (χ1n) is 10.5. The number of rotatable bonds is 6. The van der Waals surface area contributed by atoms with Crippen LogP contribution in [0.25, 0.3) is 0 Å². The summed E-state index contributed by atoms with van der Waals surface area (Å²) >= 11 is 1.17. The molecule has 3 N–H and O–H groups in total. The first kappa shape index (κ1) is 24.9. The highest BCUT2D eigenvalue weighted by atomic mass is 32.1. The monoisotopic (exact) mass is 479 g/mol. The molecule has 0 aliphatic carbocycles. The summed E-state index contributed by atoms with van der Waals surface area (Å²) in [5.41, 5.74) is 1.17. The third-order valence-electron chi connectivity index (χ3n) is 4.50. The minimum atomic E-state index is -0.454. The quantitative estimate of drug-likeness (QED) is 0.458. The van der Waals surface area contributed by atoms with Crippen LogP contribution in [0.1, 0.15) is 76.7 Å². The maximum atomic E-state index is 12.7. The average molecular weight is 480 g/mol. The molecular formula is C23H25N7O3S. The normalized spacial score (nSPS) is 11.8. The van der Waals surface area contributed by atoms with Gasteiger partial charge in [0.05, 0.1) is 24.5 Å². The Hall–Kier alpha value is -3.75. The highest BCUT2D eigenvalue weighted by Gasteiger charge is 2.20. The van der Waals surface area contributed by atoms with E-state index >= 15 is 0 Å². The van der Waals surface area contributed by atoms with Gasteiger partial charge in [-0.2, -0.15) is 0 Å². The number of aromatic nitrogens is 5. The van der Waals surface area contributed by atoms with Crippen molar-refractivity contribution in [1.82, 2.24) is 30.2 Å². The maximum absolute atomic E-state index is 12.7. The van der Waals surface area contributed by atoms with Crippen molar-refractivity contribution in [1.29, 1.82) is 0 Å². The fourth-order valence-electron chi connectivity index (χ4n) is 2.70. The molecule has 0 fully saturated rings. The molecule has 0 aliphatic rings. The van der Waals surface area contributed by atoms with E-state index in [-0.39, 0.29) is 23.6 Å². The Morgan fingerprint density at radius 1 is 1.09 bits per heavy atom. The molecule has 1 unspecified atom stereocenters. The van der Waals surface area contributed by atoms with Crippen molar-refractivity contribution < 1.29 is 14.7 Å². The lowest BCUT2D eigenvalue weighted by Gasteiger charge is -2.17. The average Bonchev–Trinajstić information content (AvgIpc) is 3.30. The van der Waals surface area contributed by atoms with E-state index in [1.165, 1.54) is 36.3 Å². The molecule has 10 nitrogen and oxygen atoms in total. The maximum Gasteiger partial charge on any atom is 0.270 e. The number of carbonyl (C=O) groups excluding carboxylic acids is 2. The fraction of sp³-hybridized carbons (Fsp3) is 0.348. The second kappa shape index (κ2) is 10.9. The van der Waals surface area contributed by atoms with Gasteiger partial charge in [-0.3, -0.25) is 9.59 Å². The number of hydrogen-bond acceptors (Lipinski definition) is 9. The van der Waals surface area contributed by atoms with Gasteiger partial charge in [-0.25, -0.2) is 24.9 Å². The van der Waals surface area contributed by atoms with Crippen molar-refractivity contribution in [2.24, 2.45) is 0 Å². The van der Waals surface area contributed by atoms with E-state index in [1.54, 1.807) is 13.0 Å². The van der Waals surface area contributed by atoms with E-state index in [0.717, 1.165) is 5.69 Å². The second-order valence-electron chi connectivity index (χ2n) is 8.31. The molecule has 0 bridgehead atoms. The number of nitrogens with one attached hydrogen (secondary N) is 2. The first-order valence-corrected chi connectivity index (χ1v) is 11.3. The van der Waals surface area contributed by atoms with Crippen LogP contribution in [0.4, 0.5) is 5.82 Å². The molecule has 11 heteroatoms. The van der Waals surface area contributed by atoms with Crippen LogP contribution in [0.5, 0.6) is 0 Å². The summed E-state index contributed by atoms with van der Waals surface area (Å²) in [6, 6.07) is 2.76. The molecule has 1 atom stereocenters. The Bertz CT molecular complexity index is 1240. The van der Waals surface area contributed by atoms with E-state index in [9.17, 15) is 9.59 Å². The van der Waals surface area contributed by atoms with Gasteiger partial charge < -0.3 is 15.7 Å². The molecule has 0 spiro atoms. The van der Waals surface area contributed by atoms with E-state index in [0.29, 0.717) is 27.8 Å². The third-order valence-corrected chi connectivity index (χ3v) is 5.67. The van der Waals surface area contributed by atoms with Gasteiger partial charge in [-0.05, 0) is 12.8 Å². The van der Waals surface area contributed by atoms with Crippen molar-refractivity contribution in [3.05, 3.63) is 58.0 Å². The molecule has 0 aromatic carbocycles. The van der Waals surface area contributed by atoms with Crippen molar-refractivity contribution in [3.8, 4) is 11.8 Å². The largest absolute Gasteiger partial charge is 0.395 e. The molecule has 176 valence electrons. The molecule has 3 rings (SSSR count). The Labute approximate surface area is 201 Å². The van der Waals surface area contributed by atoms with Gasteiger partial charge >= 0.3 is 0 Å². The number of anilines is 1. The second-order valence-corrected chi connectivity index (χ2v) is 9.38. The summed E-state index contributed by atoms with van der Waals surface area (Å²) < 4.78 is 0. The predicted molar refractivity (Wildman–Crippen MR) is 127 cm³/mol. The van der Waals surface area contributed by atoms with Crippen LogP contribution < -0.4 is 10.6 Å². The van der Waals surface area contributed by atoms with Crippen LogP contribution in [0.3, 0.4) is 0 Å². The zero-order chi connectivity index (χ0) is 24.7. The number of amides is 2. The van der Waals surface area contributed by atoms with Gasteiger partial charge in [-0.15, -0.1) is 11.3 Å². The van der Waals surface area contributed by atoms with E-state index in [4.69, 9.17) is 5.11 Å². The zero-order valence-electron chi connectivity index (χ0n) is 19.3. The standard InChI is InChI=1S/C23H25N7O3S/c1-14(29-20(32)16-9-15(25-12-26-16)7-5-6-8-31)22-24-11-17(34-22)21(33)30-19-10-18(23(2,3)4)27-13-28-19/h9-14,31H,6,8H2,1-4H3,(H,29,32)(H,27,28,30,33). The van der Waals surface area contributed by atoms with E-state index in [1.807, 2.05) is 20.8 Å². The molecule has 3 aromatic rings. The molecule has 0 saturated carbocycles. The fourth-order valence-corrected chi connectivity index (χ4v) is 3.51. The van der Waals surface area contributed by atoms with Crippen molar-refractivity contribution in [2.75, 3.05) is 11.9 Å². The summed E-state index contributed by atoms with van der Waals surface area (Å²) in [6.07, 6.45) is 4.45. The number of aliphatic hydroxyl groups is 1. The highest BCUT2D eigenvalue weighted by molar-refractivity contribution is 7.13. The Balaban J connectivity index is 1.65. The molecule has 0 saturated heterocycles. The van der Waals surface area contributed by atoms with Gasteiger partial charge in [0.15, 0.2) is 0 Å². The third kappa shape index (κ3) is 6.63. The zero-order valence-corrected chi connectivity index (χ0v) is 20.1. The van der Waals surface area contributed by atoms with Crippen molar-refractivity contribution in [3.63, 3.8) is 0 Å². The lowest BCUT2D eigenvalue weighted by Crippen LogP contribution is -2.27. The number of aliphatic hydroxyl groups excluding tert-OH is 1. The van der Waals surface area contributed by atoms with Crippen molar-refractivity contribution >= 4 is 29.0 Å². The van der Waals surface area contributed by atoms with Gasteiger partial charge in [0.2, 0.25) is 0 Å². The lowest BCUT2D eigenvalue weighted by molar-refractivity contribution is 0.0934. The molecule has 3 heterocycles. The molecular weight excluding hydrogens is 454 g/mol. The van der Waals surface area contributed by atoms with Crippen LogP contribution in [-0.4, -0.2) is 48.4 Å². The SMILES string of the molecule is CC(NC(=O)c1cc(C#CCCO)ncn1)c1ncc(C(=O)Nc2cc(C(C)(C)C)ncn2)s1. The Kier molecular flexibility index (Phi) is 7.99. The number of hydrogen-bond donors (Lipinski definition) is 3. The lowest BCUT2D eigenvalue weighted by atomic mass is 9.92. The van der Waals surface area contributed by atoms with Gasteiger partial charge in [-0.1, -0.05) is 26.7 Å². The number of thiazole rings is 1. The molecule has 3 aromatic heterocycles. The molecule has 0 aliphatic heterocycles. The summed E-state index contributed by atoms with van der Waals surface area (Å²) in [4.78, 5) is 46.3. The number of nitrogens with zero attached hydrogens (tertiary/aromatic N) is 5. The van der Waals surface area contributed by atoms with Gasteiger partial charge in [0.1, 0.15) is 39.7 Å². The van der Waals surface area contributed by atoms with Gasteiger partial charge in [0, 0.05) is 24.0 Å². The first-order chi connectivity index (χ1) is 16.2. The van der Waals surface area contributed by atoms with E-state index in [2.05, 4.69) is 47.4 Å². The van der Waals surface area contributed by atoms with Crippen molar-refractivity contribution in [2.45, 2.75) is 45.6 Å². The van der Waals surface area contributed by atoms with Crippen LogP contribution in [0.15, 0.2) is 31.0 Å². The van der Waals surface area contributed by atoms with Crippen LogP contribution in [0, 0.1) is 11.8 Å². The molecule has 34 heavy (non-hydrogen) atoms. The minimum absolute atomic E-state index is 0.0478. The van der Waals surface area contributed by atoms with Gasteiger partial charge in [0.25, 0.3) is 11.8 Å². The summed E-state index contributed by atoms with van der Waals surface area (Å²) in [5, 5.41) is 14.9. The minimum Gasteiger partial charge on any atom is -0.395 e. The summed E-state index contributed by atoms with van der Waals surface area (Å²) in [5.74, 6) is 5.16. The van der Waals surface area contributed by atoms with Crippen LogP contribution >= 0.6 is 11.3 Å². The topological polar surface area (TPSA) is 143 Å². The summed E-state index contributed by atoms with van der Waals surface area (Å²) in [6.45, 7) is 7.80. The van der Waals surface area contributed by atoms with E-state index < -0.39 is 11.9 Å².